The lowest BCUT2D eigenvalue weighted by molar-refractivity contribution is -0.134. The average Bonchev–Trinajstić information content (AvgIpc) is 2.73. The number of nitrogens with one attached hydrogen (secondary N) is 1. The van der Waals surface area contributed by atoms with Crippen molar-refractivity contribution in [2.24, 2.45) is 0 Å². The van der Waals surface area contributed by atoms with E-state index in [1.807, 2.05) is 42.2 Å². The molecule has 2 aromatic carbocycles. The van der Waals surface area contributed by atoms with Crippen molar-refractivity contribution < 1.29 is 14.3 Å². The summed E-state index contributed by atoms with van der Waals surface area (Å²) in [4.78, 5) is 26.9. The molecule has 1 saturated heterocycles. The highest BCUT2D eigenvalue weighted by Crippen LogP contribution is 2.20. The van der Waals surface area contributed by atoms with Gasteiger partial charge in [0.25, 0.3) is 11.8 Å². The SMILES string of the molecule is C[C@@H](NC(=O)c1ccccc1OCC(=O)N1CCCCC1)c1ccccc1. The molecule has 2 aromatic rings. The van der Waals surface area contributed by atoms with Crippen LogP contribution in [0.3, 0.4) is 0 Å². The van der Waals surface area contributed by atoms with Crippen molar-refractivity contribution in [3.8, 4) is 5.75 Å². The minimum atomic E-state index is -0.215. The van der Waals surface area contributed by atoms with Crippen molar-refractivity contribution in [1.82, 2.24) is 10.2 Å². The third-order valence-corrected chi connectivity index (χ3v) is 4.84. The zero-order chi connectivity index (χ0) is 19.1. The molecule has 0 radical (unpaired) electrons. The topological polar surface area (TPSA) is 58.6 Å². The molecule has 1 aliphatic heterocycles. The van der Waals surface area contributed by atoms with Gasteiger partial charge in [0.2, 0.25) is 0 Å². The number of rotatable bonds is 6. The van der Waals surface area contributed by atoms with Gasteiger partial charge in [0, 0.05) is 13.1 Å². The maximum Gasteiger partial charge on any atom is 0.260 e. The average molecular weight is 366 g/mol. The van der Waals surface area contributed by atoms with Crippen LogP contribution in [0, 0.1) is 0 Å². The van der Waals surface area contributed by atoms with Gasteiger partial charge >= 0.3 is 0 Å². The Balaban J connectivity index is 1.62. The second kappa shape index (κ2) is 9.21. The molecule has 142 valence electrons. The summed E-state index contributed by atoms with van der Waals surface area (Å²) in [6, 6.07) is 16.7. The first-order valence-electron chi connectivity index (χ1n) is 9.50. The number of likely N-dealkylation sites (tertiary alicyclic amines) is 1. The summed E-state index contributed by atoms with van der Waals surface area (Å²) >= 11 is 0. The summed E-state index contributed by atoms with van der Waals surface area (Å²) in [5, 5.41) is 2.99. The van der Waals surface area contributed by atoms with Crippen LogP contribution in [0.1, 0.15) is 48.1 Å². The predicted molar refractivity (Wildman–Crippen MR) is 105 cm³/mol. The highest BCUT2D eigenvalue weighted by Gasteiger charge is 2.19. The second-order valence-electron chi connectivity index (χ2n) is 6.83. The van der Waals surface area contributed by atoms with Gasteiger partial charge in [-0.05, 0) is 43.9 Å². The Labute approximate surface area is 160 Å². The highest BCUT2D eigenvalue weighted by atomic mass is 16.5. The summed E-state index contributed by atoms with van der Waals surface area (Å²) in [7, 11) is 0. The molecule has 0 spiro atoms. The molecule has 1 fully saturated rings. The Hall–Kier alpha value is -2.82. The van der Waals surface area contributed by atoms with Crippen LogP contribution in [0.15, 0.2) is 54.6 Å². The Bertz CT molecular complexity index is 770. The smallest absolute Gasteiger partial charge is 0.260 e. The maximum atomic E-state index is 12.7. The number of hydrogen-bond acceptors (Lipinski definition) is 3. The Morgan fingerprint density at radius 1 is 1.00 bits per heavy atom. The maximum absolute atomic E-state index is 12.7. The van der Waals surface area contributed by atoms with Crippen LogP contribution in [0.5, 0.6) is 5.75 Å². The van der Waals surface area contributed by atoms with Crippen LogP contribution < -0.4 is 10.1 Å². The van der Waals surface area contributed by atoms with Crippen molar-refractivity contribution in [1.29, 1.82) is 0 Å². The second-order valence-corrected chi connectivity index (χ2v) is 6.83. The Morgan fingerprint density at radius 2 is 1.67 bits per heavy atom. The van der Waals surface area contributed by atoms with E-state index in [0.717, 1.165) is 31.5 Å². The molecule has 1 heterocycles. The van der Waals surface area contributed by atoms with E-state index in [0.29, 0.717) is 11.3 Å². The number of ether oxygens (including phenoxy) is 1. The minimum Gasteiger partial charge on any atom is -0.483 e. The summed E-state index contributed by atoms with van der Waals surface area (Å²) in [5.41, 5.74) is 1.47. The van der Waals surface area contributed by atoms with Crippen LogP contribution >= 0.6 is 0 Å². The number of benzene rings is 2. The zero-order valence-electron chi connectivity index (χ0n) is 15.7. The molecule has 0 unspecified atom stereocenters. The minimum absolute atomic E-state index is 0.0254. The first-order chi connectivity index (χ1) is 13.1. The van der Waals surface area contributed by atoms with Gasteiger partial charge in [0.1, 0.15) is 5.75 Å². The third kappa shape index (κ3) is 5.09. The zero-order valence-corrected chi connectivity index (χ0v) is 15.7. The molecule has 0 aromatic heterocycles. The Kier molecular flexibility index (Phi) is 6.47. The lowest BCUT2D eigenvalue weighted by atomic mass is 10.1. The normalized spacial score (nSPS) is 15.1. The summed E-state index contributed by atoms with van der Waals surface area (Å²) in [5.74, 6) is 0.190. The van der Waals surface area contributed by atoms with Gasteiger partial charge in [0.05, 0.1) is 11.6 Å². The quantitative estimate of drug-likeness (QED) is 0.850. The fourth-order valence-corrected chi connectivity index (χ4v) is 3.25. The van der Waals surface area contributed by atoms with E-state index in [9.17, 15) is 9.59 Å². The first-order valence-corrected chi connectivity index (χ1v) is 9.50. The van der Waals surface area contributed by atoms with E-state index >= 15 is 0 Å². The van der Waals surface area contributed by atoms with Gasteiger partial charge in [-0.2, -0.15) is 0 Å². The van der Waals surface area contributed by atoms with Crippen molar-refractivity contribution >= 4 is 11.8 Å². The molecule has 5 heteroatoms. The number of amides is 2. The van der Waals surface area contributed by atoms with Crippen molar-refractivity contribution in [2.75, 3.05) is 19.7 Å². The number of carbonyl (C=O) groups excluding carboxylic acids is 2. The highest BCUT2D eigenvalue weighted by molar-refractivity contribution is 5.97. The van der Waals surface area contributed by atoms with Gasteiger partial charge in [-0.3, -0.25) is 9.59 Å². The number of para-hydroxylation sites is 1. The van der Waals surface area contributed by atoms with E-state index in [1.165, 1.54) is 6.42 Å². The van der Waals surface area contributed by atoms with E-state index in [-0.39, 0.29) is 24.5 Å². The van der Waals surface area contributed by atoms with Gasteiger partial charge < -0.3 is 15.0 Å². The van der Waals surface area contributed by atoms with Crippen LogP contribution in [-0.4, -0.2) is 36.4 Å². The van der Waals surface area contributed by atoms with Gasteiger partial charge in [-0.25, -0.2) is 0 Å². The van der Waals surface area contributed by atoms with Gasteiger partial charge in [0.15, 0.2) is 6.61 Å². The summed E-state index contributed by atoms with van der Waals surface area (Å²) < 4.78 is 5.71. The predicted octanol–water partition coefficient (Wildman–Crippen LogP) is 3.57. The van der Waals surface area contributed by atoms with Crippen LogP contribution in [0.4, 0.5) is 0 Å². The third-order valence-electron chi connectivity index (χ3n) is 4.84. The first kappa shape index (κ1) is 19.0. The fourth-order valence-electron chi connectivity index (χ4n) is 3.25. The number of carbonyl (C=O) groups is 2. The van der Waals surface area contributed by atoms with E-state index in [1.54, 1.807) is 24.3 Å². The molecule has 0 bridgehead atoms. The number of nitrogens with zero attached hydrogens (tertiary/aromatic N) is 1. The molecule has 2 amide bonds. The van der Waals surface area contributed by atoms with Crippen LogP contribution in [-0.2, 0) is 4.79 Å². The molecular formula is C22H26N2O3. The molecule has 1 N–H and O–H groups in total. The standard InChI is InChI=1S/C22H26N2O3/c1-17(18-10-4-2-5-11-18)23-22(26)19-12-6-7-13-20(19)27-16-21(25)24-14-8-3-9-15-24/h2,4-7,10-13,17H,3,8-9,14-16H2,1H3,(H,23,26)/t17-/m1/s1. The van der Waals surface area contributed by atoms with Crippen molar-refractivity contribution in [2.45, 2.75) is 32.2 Å². The largest absolute Gasteiger partial charge is 0.483 e. The number of piperidine rings is 1. The molecule has 27 heavy (non-hydrogen) atoms. The van der Waals surface area contributed by atoms with Gasteiger partial charge in [-0.1, -0.05) is 42.5 Å². The lowest BCUT2D eigenvalue weighted by Gasteiger charge is -2.26. The molecule has 0 aliphatic carbocycles. The molecule has 5 nitrogen and oxygen atoms in total. The van der Waals surface area contributed by atoms with Crippen LogP contribution in [0.2, 0.25) is 0 Å². The van der Waals surface area contributed by atoms with Crippen LogP contribution in [0.25, 0.3) is 0 Å². The molecular weight excluding hydrogens is 340 g/mol. The molecule has 0 saturated carbocycles. The van der Waals surface area contributed by atoms with E-state index in [4.69, 9.17) is 4.74 Å². The summed E-state index contributed by atoms with van der Waals surface area (Å²) in [6.07, 6.45) is 3.26. The van der Waals surface area contributed by atoms with Gasteiger partial charge in [-0.15, -0.1) is 0 Å². The number of hydrogen-bond donors (Lipinski definition) is 1. The molecule has 1 aliphatic rings. The summed E-state index contributed by atoms with van der Waals surface area (Å²) in [6.45, 7) is 3.48. The fraction of sp³-hybridized carbons (Fsp3) is 0.364. The van der Waals surface area contributed by atoms with E-state index in [2.05, 4.69) is 5.32 Å². The Morgan fingerprint density at radius 3 is 2.41 bits per heavy atom. The van der Waals surface area contributed by atoms with E-state index < -0.39 is 0 Å². The van der Waals surface area contributed by atoms with Crippen molar-refractivity contribution in [3.05, 3.63) is 65.7 Å². The lowest BCUT2D eigenvalue weighted by Crippen LogP contribution is -2.38. The molecule has 1 atom stereocenters. The van der Waals surface area contributed by atoms with Crippen molar-refractivity contribution in [3.63, 3.8) is 0 Å². The monoisotopic (exact) mass is 366 g/mol. The molecule has 3 rings (SSSR count).